The lowest BCUT2D eigenvalue weighted by atomic mass is 9.53. The third-order valence-corrected chi connectivity index (χ3v) is 9.30. The van der Waals surface area contributed by atoms with Crippen molar-refractivity contribution >= 4 is 11.9 Å². The summed E-state index contributed by atoms with van der Waals surface area (Å²) in [6, 6.07) is 0.698. The number of amides is 1. The number of hydrogen-bond donors (Lipinski definition) is 2. The highest BCUT2D eigenvalue weighted by Crippen LogP contribution is 2.71. The zero-order chi connectivity index (χ0) is 20.9. The Morgan fingerprint density at radius 2 is 2.10 bits per heavy atom. The van der Waals surface area contributed by atoms with Gasteiger partial charge < -0.3 is 20.9 Å². The number of nitrogens with one attached hydrogen (secondary N) is 1. The van der Waals surface area contributed by atoms with E-state index in [1.807, 2.05) is 18.1 Å². The first-order valence-electron chi connectivity index (χ1n) is 12.2. The van der Waals surface area contributed by atoms with Crippen molar-refractivity contribution in [1.82, 2.24) is 15.1 Å². The van der Waals surface area contributed by atoms with Crippen LogP contribution in [0.2, 0.25) is 0 Å². The molecule has 0 aromatic rings. The van der Waals surface area contributed by atoms with Crippen molar-refractivity contribution in [2.75, 3.05) is 33.2 Å². The van der Waals surface area contributed by atoms with Crippen LogP contribution < -0.4 is 11.1 Å². The van der Waals surface area contributed by atoms with Gasteiger partial charge in [0, 0.05) is 38.9 Å². The Kier molecular flexibility index (Phi) is 5.32. The first-order valence-corrected chi connectivity index (χ1v) is 12.2. The standard InChI is InChI=1S/C24H39N5O/c1-24-12-18-10-19(24)11-20(24)22(18)26-13-17(9-16-5-3-4-6-16)14-27-23(25)29-8-7-28(2)21(30)15-29/h14,16,18-20,22,26H,3-13,15H2,1-2H3,(H2,25,27)/b17-14+. The van der Waals surface area contributed by atoms with Gasteiger partial charge in [0.05, 0.1) is 6.54 Å². The van der Waals surface area contributed by atoms with Crippen molar-refractivity contribution in [2.45, 2.75) is 64.3 Å². The van der Waals surface area contributed by atoms with Crippen molar-refractivity contribution in [1.29, 1.82) is 0 Å². The maximum Gasteiger partial charge on any atom is 0.242 e. The van der Waals surface area contributed by atoms with Gasteiger partial charge in [-0.25, -0.2) is 4.99 Å². The normalized spacial score (nSPS) is 39.2. The summed E-state index contributed by atoms with van der Waals surface area (Å²) < 4.78 is 0. The fourth-order valence-corrected chi connectivity index (χ4v) is 7.35. The van der Waals surface area contributed by atoms with Crippen molar-refractivity contribution in [3.63, 3.8) is 0 Å². The summed E-state index contributed by atoms with van der Waals surface area (Å²) in [7, 11) is 1.85. The van der Waals surface area contributed by atoms with E-state index in [2.05, 4.69) is 17.2 Å². The highest BCUT2D eigenvalue weighted by molar-refractivity contribution is 5.86. The van der Waals surface area contributed by atoms with Gasteiger partial charge in [0.15, 0.2) is 5.96 Å². The Balaban J connectivity index is 1.24. The highest BCUT2D eigenvalue weighted by Gasteiger charge is 2.66. The lowest BCUT2D eigenvalue weighted by Gasteiger charge is -2.54. The van der Waals surface area contributed by atoms with Gasteiger partial charge in [-0.05, 0) is 60.3 Å². The van der Waals surface area contributed by atoms with E-state index in [1.165, 1.54) is 50.5 Å². The average Bonchev–Trinajstić information content (AvgIpc) is 3.38. The quantitative estimate of drug-likeness (QED) is 0.518. The largest absolute Gasteiger partial charge is 0.369 e. The molecule has 6 heteroatoms. The summed E-state index contributed by atoms with van der Waals surface area (Å²) in [5.74, 6) is 4.17. The van der Waals surface area contributed by atoms with E-state index >= 15 is 0 Å². The molecule has 6 nitrogen and oxygen atoms in total. The van der Waals surface area contributed by atoms with Gasteiger partial charge in [-0.15, -0.1) is 0 Å². The molecule has 5 rings (SSSR count). The molecule has 0 aromatic heterocycles. The van der Waals surface area contributed by atoms with Crippen LogP contribution in [0.4, 0.5) is 0 Å². The van der Waals surface area contributed by atoms with Crippen LogP contribution in [0.1, 0.15) is 58.3 Å². The molecule has 4 aliphatic carbocycles. The molecule has 1 aliphatic heterocycles. The minimum atomic E-state index is 0.111. The first kappa shape index (κ1) is 20.3. The number of fused-ring (bicyclic) bond motifs is 1. The summed E-state index contributed by atoms with van der Waals surface area (Å²) >= 11 is 0. The number of carbonyl (C=O) groups is 1. The molecule has 1 saturated heterocycles. The summed E-state index contributed by atoms with van der Waals surface area (Å²) in [6.07, 6.45) is 12.9. The molecule has 30 heavy (non-hydrogen) atoms. The third-order valence-electron chi connectivity index (χ3n) is 9.30. The Bertz CT molecular complexity index is 742. The number of aliphatic imine (C=N–C) groups is 1. The van der Waals surface area contributed by atoms with Gasteiger partial charge in [-0.2, -0.15) is 0 Å². The Labute approximate surface area is 181 Å². The van der Waals surface area contributed by atoms with E-state index in [9.17, 15) is 4.79 Å². The predicted molar refractivity (Wildman–Crippen MR) is 120 cm³/mol. The third kappa shape index (κ3) is 3.55. The number of nitrogens with two attached hydrogens (primary N) is 1. The van der Waals surface area contributed by atoms with E-state index in [4.69, 9.17) is 5.73 Å². The van der Waals surface area contributed by atoms with E-state index in [1.54, 1.807) is 4.90 Å². The molecule has 5 atom stereocenters. The Morgan fingerprint density at radius 3 is 2.77 bits per heavy atom. The summed E-state index contributed by atoms with van der Waals surface area (Å²) in [4.78, 5) is 20.3. The van der Waals surface area contributed by atoms with Crippen molar-refractivity contribution in [3.05, 3.63) is 11.8 Å². The molecular weight excluding hydrogens is 374 g/mol. The SMILES string of the molecule is CN1CCN(C(N)=N/C=C(/CNC2C3CC4CC2C4(C)C3)CC2CCCC2)CC1=O. The van der Waals surface area contributed by atoms with Crippen molar-refractivity contribution in [2.24, 2.45) is 39.8 Å². The number of rotatable bonds is 6. The van der Waals surface area contributed by atoms with E-state index in [-0.39, 0.29) is 5.91 Å². The van der Waals surface area contributed by atoms with Gasteiger partial charge in [0.1, 0.15) is 0 Å². The maximum atomic E-state index is 12.0. The summed E-state index contributed by atoms with van der Waals surface area (Å²) in [5.41, 5.74) is 8.28. The molecule has 1 amide bonds. The summed E-state index contributed by atoms with van der Waals surface area (Å²) in [6.45, 7) is 5.27. The van der Waals surface area contributed by atoms with Crippen LogP contribution in [0.15, 0.2) is 16.8 Å². The van der Waals surface area contributed by atoms with Gasteiger partial charge in [0.2, 0.25) is 5.91 Å². The number of hydrogen-bond acceptors (Lipinski definition) is 3. The minimum Gasteiger partial charge on any atom is -0.369 e. The van der Waals surface area contributed by atoms with Crippen molar-refractivity contribution in [3.8, 4) is 0 Å². The van der Waals surface area contributed by atoms with Gasteiger partial charge in [-0.3, -0.25) is 4.79 Å². The minimum absolute atomic E-state index is 0.111. The molecule has 166 valence electrons. The predicted octanol–water partition coefficient (Wildman–Crippen LogP) is 2.56. The van der Waals surface area contributed by atoms with Crippen LogP contribution in [0.5, 0.6) is 0 Å². The monoisotopic (exact) mass is 413 g/mol. The average molecular weight is 414 g/mol. The smallest absolute Gasteiger partial charge is 0.242 e. The van der Waals surface area contributed by atoms with Crippen LogP contribution >= 0.6 is 0 Å². The highest BCUT2D eigenvalue weighted by atomic mass is 16.2. The maximum absolute atomic E-state index is 12.0. The number of piperazine rings is 1. The van der Waals surface area contributed by atoms with Crippen LogP contribution in [0, 0.1) is 29.1 Å². The molecule has 0 aromatic carbocycles. The molecule has 1 heterocycles. The fraction of sp³-hybridized carbons (Fsp3) is 0.833. The van der Waals surface area contributed by atoms with Crippen LogP contribution in [-0.2, 0) is 4.79 Å². The molecule has 0 radical (unpaired) electrons. The number of likely N-dealkylation sites (N-methyl/N-ethyl adjacent to an activating group) is 1. The zero-order valence-corrected chi connectivity index (χ0v) is 18.8. The van der Waals surface area contributed by atoms with E-state index in [0.29, 0.717) is 30.5 Å². The topological polar surface area (TPSA) is 74.0 Å². The molecule has 0 spiro atoms. The van der Waals surface area contributed by atoms with Crippen LogP contribution in [0.25, 0.3) is 0 Å². The molecule has 2 bridgehead atoms. The number of nitrogens with zero attached hydrogens (tertiary/aromatic N) is 3. The fourth-order valence-electron chi connectivity index (χ4n) is 7.35. The molecule has 5 unspecified atom stereocenters. The van der Waals surface area contributed by atoms with E-state index < -0.39 is 0 Å². The lowest BCUT2D eigenvalue weighted by Crippen LogP contribution is -2.54. The zero-order valence-electron chi connectivity index (χ0n) is 18.8. The second kappa shape index (κ2) is 7.85. The van der Waals surface area contributed by atoms with Gasteiger partial charge in [-0.1, -0.05) is 32.6 Å². The molecule has 5 fully saturated rings. The Morgan fingerprint density at radius 1 is 1.30 bits per heavy atom. The van der Waals surface area contributed by atoms with E-state index in [0.717, 1.165) is 43.2 Å². The molecular formula is C24H39N5O. The number of carbonyl (C=O) groups excluding carboxylic acids is 1. The van der Waals surface area contributed by atoms with Gasteiger partial charge in [0.25, 0.3) is 0 Å². The summed E-state index contributed by atoms with van der Waals surface area (Å²) in [5, 5.41) is 3.96. The molecule has 5 aliphatic rings. The second-order valence-corrected chi connectivity index (χ2v) is 11.0. The van der Waals surface area contributed by atoms with Crippen LogP contribution in [0.3, 0.4) is 0 Å². The number of guanidine groups is 1. The molecule has 3 N–H and O–H groups in total. The van der Waals surface area contributed by atoms with Crippen LogP contribution in [-0.4, -0.2) is 60.9 Å². The lowest BCUT2D eigenvalue weighted by molar-refractivity contribution is -0.132. The second-order valence-electron chi connectivity index (χ2n) is 11.0. The molecule has 4 saturated carbocycles. The van der Waals surface area contributed by atoms with Crippen molar-refractivity contribution < 1.29 is 4.79 Å². The van der Waals surface area contributed by atoms with Gasteiger partial charge >= 0.3 is 0 Å². The Hall–Kier alpha value is -1.56. The first-order chi connectivity index (χ1) is 14.4.